The van der Waals surface area contributed by atoms with E-state index in [4.69, 9.17) is 0 Å². The summed E-state index contributed by atoms with van der Waals surface area (Å²) in [6, 6.07) is 9.24. The monoisotopic (exact) mass is 227 g/mol. The maximum atomic E-state index is 11.8. The zero-order valence-electron chi connectivity index (χ0n) is 9.79. The van der Waals surface area contributed by atoms with Gasteiger partial charge in [-0.15, -0.1) is 0 Å². The summed E-state index contributed by atoms with van der Waals surface area (Å²) >= 11 is 0. The molecule has 2 aromatic rings. The third-order valence-corrected chi connectivity index (χ3v) is 2.39. The molecule has 1 heterocycles. The third kappa shape index (κ3) is 2.47. The van der Waals surface area contributed by atoms with Crippen LogP contribution in [0.2, 0.25) is 0 Å². The van der Waals surface area contributed by atoms with Crippen LogP contribution in [0.1, 0.15) is 10.4 Å². The molecule has 0 aliphatic heterocycles. The van der Waals surface area contributed by atoms with Gasteiger partial charge in [0.25, 0.3) is 5.91 Å². The molecular weight excluding hydrogens is 214 g/mol. The van der Waals surface area contributed by atoms with E-state index >= 15 is 0 Å². The van der Waals surface area contributed by atoms with E-state index in [2.05, 4.69) is 9.97 Å². The lowest BCUT2D eigenvalue weighted by Gasteiger charge is -2.10. The fraction of sp³-hybridized carbons (Fsp3) is 0.154. The molecule has 0 saturated carbocycles. The summed E-state index contributed by atoms with van der Waals surface area (Å²) in [4.78, 5) is 21.4. The SMILES string of the molecule is CN(C)C(=O)c1cccc(-c2ccncn2)c1. The molecule has 0 saturated heterocycles. The summed E-state index contributed by atoms with van der Waals surface area (Å²) < 4.78 is 0. The summed E-state index contributed by atoms with van der Waals surface area (Å²) in [5.74, 6) is -0.0130. The number of hydrogen-bond acceptors (Lipinski definition) is 3. The Bertz CT molecular complexity index is 523. The fourth-order valence-corrected chi connectivity index (χ4v) is 1.53. The Morgan fingerprint density at radius 3 is 2.71 bits per heavy atom. The molecule has 0 bridgehead atoms. The van der Waals surface area contributed by atoms with E-state index in [1.165, 1.54) is 6.33 Å². The molecule has 17 heavy (non-hydrogen) atoms. The molecule has 1 aromatic carbocycles. The zero-order chi connectivity index (χ0) is 12.3. The van der Waals surface area contributed by atoms with Crippen LogP contribution in [0.15, 0.2) is 42.9 Å². The molecule has 0 N–H and O–H groups in total. The number of rotatable bonds is 2. The first kappa shape index (κ1) is 11.3. The standard InChI is InChI=1S/C13H13N3O/c1-16(2)13(17)11-5-3-4-10(8-11)12-6-7-14-9-15-12/h3-9H,1-2H3. The molecule has 0 radical (unpaired) electrons. The first-order chi connectivity index (χ1) is 8.18. The highest BCUT2D eigenvalue weighted by atomic mass is 16.2. The molecule has 0 spiro atoms. The molecule has 1 aromatic heterocycles. The lowest BCUT2D eigenvalue weighted by molar-refractivity contribution is 0.0827. The van der Waals surface area contributed by atoms with Crippen molar-refractivity contribution in [1.82, 2.24) is 14.9 Å². The second-order valence-corrected chi connectivity index (χ2v) is 3.88. The molecular formula is C13H13N3O. The third-order valence-electron chi connectivity index (χ3n) is 2.39. The van der Waals surface area contributed by atoms with Crippen molar-refractivity contribution in [2.45, 2.75) is 0 Å². The van der Waals surface area contributed by atoms with Gasteiger partial charge in [0.2, 0.25) is 0 Å². The van der Waals surface area contributed by atoms with Crippen LogP contribution in [0.4, 0.5) is 0 Å². The Labute approximate surface area is 99.9 Å². The van der Waals surface area contributed by atoms with Crippen molar-refractivity contribution in [3.63, 3.8) is 0 Å². The van der Waals surface area contributed by atoms with E-state index in [0.29, 0.717) is 5.56 Å². The Morgan fingerprint density at radius 1 is 1.24 bits per heavy atom. The van der Waals surface area contributed by atoms with Gasteiger partial charge in [-0.1, -0.05) is 12.1 Å². The summed E-state index contributed by atoms with van der Waals surface area (Å²) in [7, 11) is 3.47. The molecule has 4 heteroatoms. The summed E-state index contributed by atoms with van der Waals surface area (Å²) in [6.45, 7) is 0. The van der Waals surface area contributed by atoms with Gasteiger partial charge in [0.1, 0.15) is 6.33 Å². The Kier molecular flexibility index (Phi) is 3.14. The Balaban J connectivity index is 2.39. The lowest BCUT2D eigenvalue weighted by Crippen LogP contribution is -2.21. The van der Waals surface area contributed by atoms with Crippen LogP contribution in [0, 0.1) is 0 Å². The van der Waals surface area contributed by atoms with Gasteiger partial charge < -0.3 is 4.90 Å². The quantitative estimate of drug-likeness (QED) is 0.786. The van der Waals surface area contributed by atoms with E-state index in [1.807, 2.05) is 24.3 Å². The Morgan fingerprint density at radius 2 is 2.06 bits per heavy atom. The van der Waals surface area contributed by atoms with Gasteiger partial charge in [0.05, 0.1) is 5.69 Å². The van der Waals surface area contributed by atoms with Crippen molar-refractivity contribution in [2.75, 3.05) is 14.1 Å². The summed E-state index contributed by atoms with van der Waals surface area (Å²) in [6.07, 6.45) is 3.18. The minimum Gasteiger partial charge on any atom is -0.345 e. The topological polar surface area (TPSA) is 46.1 Å². The van der Waals surface area contributed by atoms with Crippen LogP contribution >= 0.6 is 0 Å². The second kappa shape index (κ2) is 4.74. The number of hydrogen-bond donors (Lipinski definition) is 0. The average Bonchev–Trinajstić information content (AvgIpc) is 2.39. The largest absolute Gasteiger partial charge is 0.345 e. The van der Waals surface area contributed by atoms with Crippen molar-refractivity contribution >= 4 is 5.91 Å². The molecule has 86 valence electrons. The van der Waals surface area contributed by atoms with E-state index in [9.17, 15) is 4.79 Å². The predicted octanol–water partition coefficient (Wildman–Crippen LogP) is 1.85. The molecule has 1 amide bonds. The molecule has 2 rings (SSSR count). The fourth-order valence-electron chi connectivity index (χ4n) is 1.53. The molecule has 4 nitrogen and oxygen atoms in total. The maximum Gasteiger partial charge on any atom is 0.253 e. The maximum absolute atomic E-state index is 11.8. The van der Waals surface area contributed by atoms with Gasteiger partial charge in [-0.25, -0.2) is 9.97 Å². The highest BCUT2D eigenvalue weighted by Gasteiger charge is 2.08. The number of amides is 1. The van der Waals surface area contributed by atoms with Gasteiger partial charge in [-0.2, -0.15) is 0 Å². The minimum absolute atomic E-state index is 0.0130. The minimum atomic E-state index is -0.0130. The van der Waals surface area contributed by atoms with Gasteiger partial charge in [-0.05, 0) is 18.2 Å². The number of aromatic nitrogens is 2. The van der Waals surface area contributed by atoms with Gasteiger partial charge in [-0.3, -0.25) is 4.79 Å². The number of nitrogens with zero attached hydrogens (tertiary/aromatic N) is 3. The van der Waals surface area contributed by atoms with Gasteiger partial charge >= 0.3 is 0 Å². The van der Waals surface area contributed by atoms with Crippen molar-refractivity contribution in [3.8, 4) is 11.3 Å². The van der Waals surface area contributed by atoms with Crippen LogP contribution in [0.25, 0.3) is 11.3 Å². The molecule has 0 unspecified atom stereocenters. The van der Waals surface area contributed by atoms with Crippen molar-refractivity contribution in [2.24, 2.45) is 0 Å². The summed E-state index contributed by atoms with van der Waals surface area (Å²) in [5, 5.41) is 0. The summed E-state index contributed by atoms with van der Waals surface area (Å²) in [5.41, 5.74) is 2.39. The Hall–Kier alpha value is -2.23. The molecule has 0 aliphatic rings. The normalized spacial score (nSPS) is 10.0. The van der Waals surface area contributed by atoms with Crippen LogP contribution in [0.3, 0.4) is 0 Å². The first-order valence-electron chi connectivity index (χ1n) is 5.26. The molecule has 0 atom stereocenters. The van der Waals surface area contributed by atoms with Crippen LogP contribution < -0.4 is 0 Å². The van der Waals surface area contributed by atoms with E-state index in [0.717, 1.165) is 11.3 Å². The van der Waals surface area contributed by atoms with Crippen molar-refractivity contribution in [1.29, 1.82) is 0 Å². The van der Waals surface area contributed by atoms with Crippen molar-refractivity contribution < 1.29 is 4.79 Å². The van der Waals surface area contributed by atoms with E-state index in [-0.39, 0.29) is 5.91 Å². The van der Waals surface area contributed by atoms with Gasteiger partial charge in [0.15, 0.2) is 0 Å². The van der Waals surface area contributed by atoms with Crippen LogP contribution in [-0.2, 0) is 0 Å². The number of carbonyl (C=O) groups is 1. The van der Waals surface area contributed by atoms with Crippen LogP contribution in [0.5, 0.6) is 0 Å². The van der Waals surface area contributed by atoms with Crippen LogP contribution in [-0.4, -0.2) is 34.9 Å². The average molecular weight is 227 g/mol. The zero-order valence-corrected chi connectivity index (χ0v) is 9.79. The molecule has 0 aliphatic carbocycles. The highest BCUT2D eigenvalue weighted by Crippen LogP contribution is 2.17. The molecule has 0 fully saturated rings. The first-order valence-corrected chi connectivity index (χ1v) is 5.26. The lowest BCUT2D eigenvalue weighted by atomic mass is 10.1. The van der Waals surface area contributed by atoms with E-state index < -0.39 is 0 Å². The highest BCUT2D eigenvalue weighted by molar-refractivity contribution is 5.95. The number of benzene rings is 1. The van der Waals surface area contributed by atoms with Crippen molar-refractivity contribution in [3.05, 3.63) is 48.4 Å². The number of carbonyl (C=O) groups excluding carboxylic acids is 1. The predicted molar refractivity (Wildman–Crippen MR) is 65.5 cm³/mol. The van der Waals surface area contributed by atoms with Gasteiger partial charge in [0, 0.05) is 31.4 Å². The second-order valence-electron chi connectivity index (χ2n) is 3.88. The van der Waals surface area contributed by atoms with E-state index in [1.54, 1.807) is 31.3 Å². The smallest absolute Gasteiger partial charge is 0.253 e.